The number of aryl methyl sites for hydroxylation is 1. The van der Waals surface area contributed by atoms with Gasteiger partial charge in [0.1, 0.15) is 11.5 Å². The van der Waals surface area contributed by atoms with Gasteiger partial charge in [0.05, 0.1) is 11.6 Å². The van der Waals surface area contributed by atoms with Crippen LogP contribution in [0.4, 0.5) is 0 Å². The van der Waals surface area contributed by atoms with E-state index in [-0.39, 0.29) is 6.61 Å². The van der Waals surface area contributed by atoms with Crippen LogP contribution < -0.4 is 9.47 Å². The summed E-state index contributed by atoms with van der Waals surface area (Å²) in [7, 11) is 0. The smallest absolute Gasteiger partial charge is 0.349 e. The van der Waals surface area contributed by atoms with Gasteiger partial charge in [-0.15, -0.1) is 0 Å². The molecule has 0 aliphatic rings. The minimum Gasteiger partial charge on any atom is -0.482 e. The number of esters is 1. The molecule has 0 N–H and O–H groups in total. The molecule has 20 heavy (non-hydrogen) atoms. The minimum absolute atomic E-state index is 0.181. The van der Waals surface area contributed by atoms with E-state index in [1.54, 1.807) is 36.4 Å². The van der Waals surface area contributed by atoms with E-state index in [0.29, 0.717) is 17.1 Å². The molecule has 2 rings (SSSR count). The lowest BCUT2D eigenvalue weighted by Gasteiger charge is -2.07. The first-order chi connectivity index (χ1) is 9.67. The van der Waals surface area contributed by atoms with Gasteiger partial charge in [-0.3, -0.25) is 0 Å². The van der Waals surface area contributed by atoms with Crippen molar-refractivity contribution in [3.63, 3.8) is 0 Å². The maximum atomic E-state index is 11.6. The van der Waals surface area contributed by atoms with E-state index in [4.69, 9.17) is 14.7 Å². The normalized spacial score (nSPS) is 9.60. The van der Waals surface area contributed by atoms with Gasteiger partial charge in [-0.05, 0) is 48.9 Å². The molecule has 0 unspecified atom stereocenters. The summed E-state index contributed by atoms with van der Waals surface area (Å²) in [4.78, 5) is 11.6. The fraction of sp³-hybridized carbons (Fsp3) is 0.125. The first-order valence-electron chi connectivity index (χ1n) is 6.08. The van der Waals surface area contributed by atoms with Crippen LogP contribution in [0.15, 0.2) is 48.5 Å². The number of nitriles is 1. The average molecular weight is 267 g/mol. The van der Waals surface area contributed by atoms with Gasteiger partial charge in [-0.1, -0.05) is 12.1 Å². The predicted octanol–water partition coefficient (Wildman–Crippen LogP) is 2.85. The molecule has 0 radical (unpaired) electrons. The zero-order valence-corrected chi connectivity index (χ0v) is 11.0. The molecule has 0 fully saturated rings. The fourth-order valence-electron chi connectivity index (χ4n) is 1.61. The summed E-state index contributed by atoms with van der Waals surface area (Å²) in [5.41, 5.74) is 1.56. The number of hydrogen-bond acceptors (Lipinski definition) is 4. The molecule has 4 nitrogen and oxygen atoms in total. The lowest BCUT2D eigenvalue weighted by Crippen LogP contribution is -2.17. The van der Waals surface area contributed by atoms with E-state index in [9.17, 15) is 4.79 Å². The molecule has 0 heterocycles. The second kappa shape index (κ2) is 6.39. The van der Waals surface area contributed by atoms with Crippen molar-refractivity contribution in [1.29, 1.82) is 5.26 Å². The molecule has 0 amide bonds. The van der Waals surface area contributed by atoms with Gasteiger partial charge in [0, 0.05) is 0 Å². The van der Waals surface area contributed by atoms with Crippen LogP contribution in [-0.2, 0) is 4.79 Å². The molecule has 0 aliphatic heterocycles. The van der Waals surface area contributed by atoms with Gasteiger partial charge in [-0.25, -0.2) is 4.79 Å². The fourth-order valence-corrected chi connectivity index (χ4v) is 1.61. The molecule has 0 aromatic heterocycles. The molecule has 0 atom stereocenters. The summed E-state index contributed by atoms with van der Waals surface area (Å²) in [5, 5.41) is 8.67. The van der Waals surface area contributed by atoms with Crippen molar-refractivity contribution in [2.75, 3.05) is 6.61 Å². The maximum absolute atomic E-state index is 11.6. The largest absolute Gasteiger partial charge is 0.482 e. The molecular formula is C16H13NO3. The van der Waals surface area contributed by atoms with Crippen molar-refractivity contribution in [3.8, 4) is 17.6 Å². The number of carbonyl (C=O) groups is 1. The van der Waals surface area contributed by atoms with Crippen molar-refractivity contribution in [1.82, 2.24) is 0 Å². The summed E-state index contributed by atoms with van der Waals surface area (Å²) in [5.74, 6) is 0.545. The summed E-state index contributed by atoms with van der Waals surface area (Å²) < 4.78 is 10.4. The van der Waals surface area contributed by atoms with E-state index < -0.39 is 5.97 Å². The van der Waals surface area contributed by atoms with Crippen LogP contribution >= 0.6 is 0 Å². The standard InChI is InChI=1S/C16H13NO3/c1-12-3-2-4-15(9-12)20-16(18)11-19-14-7-5-13(10-17)6-8-14/h2-9H,11H2,1H3. The first-order valence-corrected chi connectivity index (χ1v) is 6.08. The van der Waals surface area contributed by atoms with Crippen molar-refractivity contribution < 1.29 is 14.3 Å². The Hall–Kier alpha value is -2.80. The molecule has 0 saturated heterocycles. The zero-order chi connectivity index (χ0) is 14.4. The van der Waals surface area contributed by atoms with Crippen molar-refractivity contribution >= 4 is 5.97 Å². The van der Waals surface area contributed by atoms with Gasteiger partial charge in [0.2, 0.25) is 0 Å². The highest BCUT2D eigenvalue weighted by Crippen LogP contribution is 2.14. The molecule has 2 aromatic carbocycles. The van der Waals surface area contributed by atoms with Crippen molar-refractivity contribution in [3.05, 3.63) is 59.7 Å². The number of nitrogens with zero attached hydrogens (tertiary/aromatic N) is 1. The van der Waals surface area contributed by atoms with Crippen LogP contribution in [0.25, 0.3) is 0 Å². The van der Waals surface area contributed by atoms with Crippen LogP contribution in [-0.4, -0.2) is 12.6 Å². The molecule has 0 aliphatic carbocycles. The van der Waals surface area contributed by atoms with E-state index in [0.717, 1.165) is 5.56 Å². The number of benzene rings is 2. The summed E-state index contributed by atoms with van der Waals surface area (Å²) >= 11 is 0. The Balaban J connectivity index is 1.87. The van der Waals surface area contributed by atoms with E-state index in [1.165, 1.54) is 0 Å². The number of rotatable bonds is 4. The Bertz CT molecular complexity index is 642. The van der Waals surface area contributed by atoms with Crippen LogP contribution in [0.5, 0.6) is 11.5 Å². The van der Waals surface area contributed by atoms with Gasteiger partial charge < -0.3 is 9.47 Å². The Morgan fingerprint density at radius 2 is 1.90 bits per heavy atom. The average Bonchev–Trinajstić information content (AvgIpc) is 2.46. The predicted molar refractivity (Wildman–Crippen MR) is 73.5 cm³/mol. The summed E-state index contributed by atoms with van der Waals surface area (Å²) in [6, 6.07) is 15.8. The van der Waals surface area contributed by atoms with E-state index >= 15 is 0 Å². The quantitative estimate of drug-likeness (QED) is 0.631. The van der Waals surface area contributed by atoms with Gasteiger partial charge >= 0.3 is 5.97 Å². The number of carbonyl (C=O) groups excluding carboxylic acids is 1. The Labute approximate surface area is 117 Å². The third-order valence-electron chi connectivity index (χ3n) is 2.56. The van der Waals surface area contributed by atoms with Crippen LogP contribution in [0.1, 0.15) is 11.1 Å². The van der Waals surface area contributed by atoms with Crippen LogP contribution in [0, 0.1) is 18.3 Å². The van der Waals surface area contributed by atoms with E-state index in [2.05, 4.69) is 0 Å². The maximum Gasteiger partial charge on any atom is 0.349 e. The van der Waals surface area contributed by atoms with Crippen LogP contribution in [0.2, 0.25) is 0 Å². The Kier molecular flexibility index (Phi) is 4.35. The van der Waals surface area contributed by atoms with Crippen LogP contribution in [0.3, 0.4) is 0 Å². The molecule has 0 saturated carbocycles. The molecule has 0 bridgehead atoms. The summed E-state index contributed by atoms with van der Waals surface area (Å²) in [6.07, 6.45) is 0. The second-order valence-electron chi connectivity index (χ2n) is 4.22. The number of ether oxygens (including phenoxy) is 2. The monoisotopic (exact) mass is 267 g/mol. The minimum atomic E-state index is -0.472. The number of hydrogen-bond donors (Lipinski definition) is 0. The van der Waals surface area contributed by atoms with Crippen molar-refractivity contribution in [2.24, 2.45) is 0 Å². The zero-order valence-electron chi connectivity index (χ0n) is 11.0. The van der Waals surface area contributed by atoms with Gasteiger partial charge in [0.25, 0.3) is 0 Å². The topological polar surface area (TPSA) is 59.3 Å². The molecular weight excluding hydrogens is 254 g/mol. The highest BCUT2D eigenvalue weighted by atomic mass is 16.6. The lowest BCUT2D eigenvalue weighted by atomic mass is 10.2. The van der Waals surface area contributed by atoms with E-state index in [1.807, 2.05) is 25.1 Å². The highest BCUT2D eigenvalue weighted by molar-refractivity contribution is 5.74. The third kappa shape index (κ3) is 3.85. The summed E-state index contributed by atoms with van der Waals surface area (Å²) in [6.45, 7) is 1.74. The molecule has 0 spiro atoms. The molecule has 2 aromatic rings. The van der Waals surface area contributed by atoms with Gasteiger partial charge in [-0.2, -0.15) is 5.26 Å². The molecule has 4 heteroatoms. The second-order valence-corrected chi connectivity index (χ2v) is 4.22. The highest BCUT2D eigenvalue weighted by Gasteiger charge is 2.06. The molecule has 100 valence electrons. The third-order valence-corrected chi connectivity index (χ3v) is 2.56. The Morgan fingerprint density at radius 1 is 1.15 bits per heavy atom. The van der Waals surface area contributed by atoms with Gasteiger partial charge in [0.15, 0.2) is 6.61 Å². The SMILES string of the molecule is Cc1cccc(OC(=O)COc2ccc(C#N)cc2)c1. The van der Waals surface area contributed by atoms with Crippen molar-refractivity contribution in [2.45, 2.75) is 6.92 Å². The Morgan fingerprint density at radius 3 is 2.55 bits per heavy atom. The first kappa shape index (κ1) is 13.6. The lowest BCUT2D eigenvalue weighted by molar-refractivity contribution is -0.136.